The van der Waals surface area contributed by atoms with Crippen molar-refractivity contribution in [1.29, 1.82) is 0 Å². The van der Waals surface area contributed by atoms with Gasteiger partial charge in [0, 0.05) is 20.7 Å². The number of methoxy groups -OCH3 is 1. The number of aromatic carboxylic acids is 1. The van der Waals surface area contributed by atoms with Crippen LogP contribution in [-0.2, 0) is 14.8 Å². The number of ether oxygens (including phenoxy) is 1. The molecule has 0 amide bonds. The zero-order valence-electron chi connectivity index (χ0n) is 11.5. The van der Waals surface area contributed by atoms with Crippen LogP contribution in [0.5, 0.6) is 0 Å². The summed E-state index contributed by atoms with van der Waals surface area (Å²) in [6.07, 6.45) is -1.09. The summed E-state index contributed by atoms with van der Waals surface area (Å²) >= 11 is 0. The Balaban J connectivity index is 3.18. The number of rotatable bonds is 7. The fraction of sp³-hybridized carbons (Fsp3) is 0.417. The molecular weight excluding hydrogens is 305 g/mol. The van der Waals surface area contributed by atoms with Crippen LogP contribution in [0.1, 0.15) is 10.4 Å². The Labute approximate surface area is 121 Å². The van der Waals surface area contributed by atoms with E-state index in [1.165, 1.54) is 7.11 Å². The second-order valence-electron chi connectivity index (χ2n) is 4.34. The number of sulfonamides is 1. The molecule has 0 heterocycles. The summed E-state index contributed by atoms with van der Waals surface area (Å²) < 4.78 is 43.3. The van der Waals surface area contributed by atoms with E-state index in [1.54, 1.807) is 0 Å². The predicted molar refractivity (Wildman–Crippen MR) is 71.1 cm³/mol. The van der Waals surface area contributed by atoms with E-state index in [0.717, 1.165) is 23.5 Å². The number of carboxylic acids is 1. The Kier molecular flexibility index (Phi) is 5.78. The van der Waals surface area contributed by atoms with Crippen LogP contribution in [-0.4, -0.2) is 62.3 Å². The normalized spacial score (nSPS) is 13.4. The number of benzene rings is 1. The third kappa shape index (κ3) is 4.21. The van der Waals surface area contributed by atoms with Crippen LogP contribution >= 0.6 is 0 Å². The zero-order valence-corrected chi connectivity index (χ0v) is 12.3. The molecule has 0 aliphatic carbocycles. The van der Waals surface area contributed by atoms with Gasteiger partial charge in [0.15, 0.2) is 0 Å². The molecule has 0 aliphatic heterocycles. The van der Waals surface area contributed by atoms with Crippen molar-refractivity contribution in [3.63, 3.8) is 0 Å². The first-order valence-corrected chi connectivity index (χ1v) is 7.30. The van der Waals surface area contributed by atoms with Gasteiger partial charge in [-0.2, -0.15) is 4.31 Å². The highest BCUT2D eigenvalue weighted by Crippen LogP contribution is 2.21. The fourth-order valence-electron chi connectivity index (χ4n) is 1.69. The second kappa shape index (κ2) is 6.94. The van der Waals surface area contributed by atoms with Gasteiger partial charge >= 0.3 is 5.97 Å². The van der Waals surface area contributed by atoms with E-state index in [-0.39, 0.29) is 13.2 Å². The van der Waals surface area contributed by atoms with E-state index in [9.17, 15) is 22.7 Å². The molecule has 0 bridgehead atoms. The summed E-state index contributed by atoms with van der Waals surface area (Å²) in [5.41, 5.74) is -0.538. The average Bonchev–Trinajstić information content (AvgIpc) is 2.38. The number of hydrogen-bond donors (Lipinski definition) is 2. The van der Waals surface area contributed by atoms with Crippen LogP contribution in [0.4, 0.5) is 4.39 Å². The van der Waals surface area contributed by atoms with Gasteiger partial charge in [-0.05, 0) is 18.2 Å². The molecule has 1 rings (SSSR count). The lowest BCUT2D eigenvalue weighted by atomic mass is 10.2. The Hall–Kier alpha value is -1.55. The molecule has 0 saturated carbocycles. The molecule has 0 radical (unpaired) electrons. The van der Waals surface area contributed by atoms with Gasteiger partial charge in [0.1, 0.15) is 5.82 Å². The molecule has 118 valence electrons. The Morgan fingerprint density at radius 2 is 2.10 bits per heavy atom. The van der Waals surface area contributed by atoms with E-state index in [2.05, 4.69) is 4.74 Å². The smallest absolute Gasteiger partial charge is 0.337 e. The lowest BCUT2D eigenvalue weighted by Crippen LogP contribution is -2.36. The van der Waals surface area contributed by atoms with Gasteiger partial charge in [-0.15, -0.1) is 0 Å². The van der Waals surface area contributed by atoms with Gasteiger partial charge in [0.2, 0.25) is 10.0 Å². The van der Waals surface area contributed by atoms with E-state index >= 15 is 0 Å². The maximum absolute atomic E-state index is 13.2. The first kappa shape index (κ1) is 17.5. The summed E-state index contributed by atoms with van der Waals surface area (Å²) in [6.45, 7) is -0.402. The molecule has 2 N–H and O–H groups in total. The number of likely N-dealkylation sites (N-methyl/N-ethyl adjacent to an activating group) is 1. The molecule has 0 spiro atoms. The summed E-state index contributed by atoms with van der Waals surface area (Å²) in [4.78, 5) is 10.4. The Bertz CT molecular complexity index is 618. The number of carboxylic acid groups (broad SMARTS) is 1. The summed E-state index contributed by atoms with van der Waals surface area (Å²) in [6, 6.07) is 2.38. The second-order valence-corrected chi connectivity index (χ2v) is 6.35. The summed E-state index contributed by atoms with van der Waals surface area (Å²) in [5, 5.41) is 18.5. The van der Waals surface area contributed by atoms with Crippen LogP contribution in [0.25, 0.3) is 0 Å². The molecule has 1 aromatic rings. The largest absolute Gasteiger partial charge is 0.478 e. The Morgan fingerprint density at radius 1 is 1.48 bits per heavy atom. The number of hydrogen-bond acceptors (Lipinski definition) is 5. The molecular formula is C12H16FNO6S. The molecule has 1 unspecified atom stereocenters. The maximum Gasteiger partial charge on any atom is 0.337 e. The van der Waals surface area contributed by atoms with Crippen molar-refractivity contribution in [3.8, 4) is 0 Å². The molecule has 0 aromatic heterocycles. The van der Waals surface area contributed by atoms with Crippen LogP contribution < -0.4 is 0 Å². The summed E-state index contributed by atoms with van der Waals surface area (Å²) in [5.74, 6) is -2.36. The number of aliphatic hydroxyl groups is 1. The third-order valence-electron chi connectivity index (χ3n) is 2.69. The topological polar surface area (TPSA) is 104 Å². The average molecular weight is 321 g/mol. The molecule has 9 heteroatoms. The van der Waals surface area contributed by atoms with Gasteiger partial charge in [0.25, 0.3) is 0 Å². The van der Waals surface area contributed by atoms with Crippen LogP contribution in [0.2, 0.25) is 0 Å². The van der Waals surface area contributed by atoms with Crippen LogP contribution in [0, 0.1) is 5.82 Å². The van der Waals surface area contributed by atoms with Gasteiger partial charge in [0.05, 0.1) is 23.2 Å². The molecule has 0 fully saturated rings. The molecule has 0 saturated heterocycles. The molecule has 1 atom stereocenters. The number of carbonyl (C=O) groups is 1. The van der Waals surface area contributed by atoms with Gasteiger partial charge in [-0.1, -0.05) is 0 Å². The minimum atomic E-state index is -4.25. The lowest BCUT2D eigenvalue weighted by molar-refractivity contribution is 0.0554. The Morgan fingerprint density at radius 3 is 2.62 bits per heavy atom. The molecule has 1 aromatic carbocycles. The highest BCUT2D eigenvalue weighted by atomic mass is 32.2. The van der Waals surface area contributed by atoms with E-state index in [0.29, 0.717) is 6.07 Å². The van der Waals surface area contributed by atoms with E-state index < -0.39 is 38.4 Å². The third-order valence-corrected chi connectivity index (χ3v) is 4.55. The van der Waals surface area contributed by atoms with Crippen molar-refractivity contribution in [3.05, 3.63) is 29.6 Å². The number of nitrogens with zero attached hydrogens (tertiary/aromatic N) is 1. The molecule has 7 nitrogen and oxygen atoms in total. The van der Waals surface area contributed by atoms with E-state index in [1.807, 2.05) is 0 Å². The monoisotopic (exact) mass is 321 g/mol. The fourth-order valence-corrected chi connectivity index (χ4v) is 3.09. The SMILES string of the molecule is COCC(O)CN(C)S(=O)(=O)c1cc(F)ccc1C(=O)O. The van der Waals surface area contributed by atoms with Crippen LogP contribution in [0.15, 0.2) is 23.1 Å². The van der Waals surface area contributed by atoms with E-state index in [4.69, 9.17) is 5.11 Å². The van der Waals surface area contributed by atoms with Crippen molar-refractivity contribution >= 4 is 16.0 Å². The van der Waals surface area contributed by atoms with Gasteiger partial charge in [-0.25, -0.2) is 17.6 Å². The van der Waals surface area contributed by atoms with Crippen molar-refractivity contribution in [2.45, 2.75) is 11.0 Å². The van der Waals surface area contributed by atoms with Crippen molar-refractivity contribution in [1.82, 2.24) is 4.31 Å². The quantitative estimate of drug-likeness (QED) is 0.741. The first-order chi connectivity index (χ1) is 9.70. The van der Waals surface area contributed by atoms with Crippen molar-refractivity contribution in [2.24, 2.45) is 0 Å². The predicted octanol–water partition coefficient (Wildman–Crippen LogP) is 0.152. The van der Waals surface area contributed by atoms with Gasteiger partial charge < -0.3 is 14.9 Å². The van der Waals surface area contributed by atoms with Crippen LogP contribution in [0.3, 0.4) is 0 Å². The molecule has 21 heavy (non-hydrogen) atoms. The van der Waals surface area contributed by atoms with Gasteiger partial charge in [-0.3, -0.25) is 0 Å². The highest BCUT2D eigenvalue weighted by molar-refractivity contribution is 7.89. The lowest BCUT2D eigenvalue weighted by Gasteiger charge is -2.21. The zero-order chi connectivity index (χ0) is 16.2. The maximum atomic E-state index is 13.2. The standard InChI is InChI=1S/C12H16FNO6S/c1-14(6-9(15)7-20-2)21(18,19)11-5-8(13)3-4-10(11)12(16)17/h3-5,9,15H,6-7H2,1-2H3,(H,16,17). The minimum Gasteiger partial charge on any atom is -0.478 e. The minimum absolute atomic E-state index is 0.0885. The number of halogens is 1. The van der Waals surface area contributed by atoms with Crippen molar-refractivity contribution in [2.75, 3.05) is 27.3 Å². The number of aliphatic hydroxyl groups excluding tert-OH is 1. The summed E-state index contributed by atoms with van der Waals surface area (Å²) in [7, 11) is -1.76. The molecule has 0 aliphatic rings. The highest BCUT2D eigenvalue weighted by Gasteiger charge is 2.28. The first-order valence-electron chi connectivity index (χ1n) is 5.86. The van der Waals surface area contributed by atoms with Crippen molar-refractivity contribution < 1.29 is 32.6 Å².